The summed E-state index contributed by atoms with van der Waals surface area (Å²) in [5, 5.41) is 23.9. The van der Waals surface area contributed by atoms with E-state index in [1.165, 1.54) is 30.5 Å². The van der Waals surface area contributed by atoms with Crippen LogP contribution in [0.1, 0.15) is 5.69 Å². The number of amides is 2. The molecule has 31 heavy (non-hydrogen) atoms. The molecule has 1 aromatic heterocycles. The van der Waals surface area contributed by atoms with Crippen LogP contribution in [-0.4, -0.2) is 75.3 Å². The fourth-order valence-corrected chi connectivity index (χ4v) is 4.67. The number of thiazole rings is 1. The molecule has 0 aliphatic carbocycles. The summed E-state index contributed by atoms with van der Waals surface area (Å²) >= 11 is 2.39. The topological polar surface area (TPSA) is 210 Å². The molecule has 16 heteroatoms. The number of oxime groups is 1. The Kier molecular flexibility index (Phi) is 6.71. The highest BCUT2D eigenvalue weighted by Gasteiger charge is 2.54. The number of β-lactam (4-membered cyclic amide) rings is 1. The molecule has 0 bridgehead atoms. The zero-order valence-electron chi connectivity index (χ0n) is 15.9. The number of carbonyl (C=O) groups is 3. The minimum absolute atomic E-state index is 0.156. The van der Waals surface area contributed by atoms with Gasteiger partial charge < -0.3 is 26.8 Å². The van der Waals surface area contributed by atoms with Crippen molar-refractivity contribution in [2.75, 3.05) is 18.6 Å². The number of nitrogens with one attached hydrogen (secondary N) is 2. The second-order valence-corrected chi connectivity index (χ2v) is 7.89. The number of fused-ring (bicyclic) bond motifs is 1. The number of hydrogen-bond acceptors (Lipinski definition) is 12. The van der Waals surface area contributed by atoms with Crippen molar-refractivity contribution < 1.29 is 24.3 Å². The molecule has 2 aliphatic heterocycles. The fraction of sp³-hybridized carbons (Fsp3) is 0.267. The summed E-state index contributed by atoms with van der Waals surface area (Å²) in [6, 6.07) is -0.953. The van der Waals surface area contributed by atoms with Crippen molar-refractivity contribution >= 4 is 64.3 Å². The number of carboxylic acid groups (broad SMARTS) is 1. The van der Waals surface area contributed by atoms with Gasteiger partial charge in [0.2, 0.25) is 0 Å². The number of hydrazone groups is 2. The quantitative estimate of drug-likeness (QED) is 0.0960. The first-order valence-corrected chi connectivity index (χ1v) is 10.4. The number of rotatable bonds is 8. The molecule has 7 N–H and O–H groups in total. The maximum Gasteiger partial charge on any atom is 0.353 e. The Bertz CT molecular complexity index is 1020. The highest BCUT2D eigenvalue weighted by atomic mass is 32.2. The number of nitrogens with two attached hydrogens (primary N) is 2. The summed E-state index contributed by atoms with van der Waals surface area (Å²) in [6.07, 6.45) is 2.37. The molecule has 164 valence electrons. The minimum Gasteiger partial charge on any atom is -0.477 e. The van der Waals surface area contributed by atoms with Crippen molar-refractivity contribution in [2.24, 2.45) is 21.2 Å². The van der Waals surface area contributed by atoms with E-state index in [2.05, 4.69) is 31.1 Å². The fourth-order valence-electron chi connectivity index (χ4n) is 2.83. The molecule has 2 atom stereocenters. The van der Waals surface area contributed by atoms with Crippen LogP contribution in [0, 0.1) is 0 Å². The summed E-state index contributed by atoms with van der Waals surface area (Å²) in [5.74, 6) is 2.60. The Morgan fingerprint density at radius 1 is 1.48 bits per heavy atom. The van der Waals surface area contributed by atoms with Gasteiger partial charge >= 0.3 is 5.97 Å². The van der Waals surface area contributed by atoms with E-state index in [9.17, 15) is 19.5 Å². The van der Waals surface area contributed by atoms with E-state index >= 15 is 0 Å². The summed E-state index contributed by atoms with van der Waals surface area (Å²) in [7, 11) is 1.26. The predicted octanol–water partition coefficient (Wildman–Crippen LogP) is -1.71. The van der Waals surface area contributed by atoms with Crippen molar-refractivity contribution in [3.8, 4) is 0 Å². The lowest BCUT2D eigenvalue weighted by Crippen LogP contribution is -2.71. The van der Waals surface area contributed by atoms with Gasteiger partial charge in [0.05, 0.1) is 6.21 Å². The molecular formula is C15H17N9O5S2. The zero-order valence-corrected chi connectivity index (χ0v) is 17.5. The van der Waals surface area contributed by atoms with Gasteiger partial charge in [-0.2, -0.15) is 10.2 Å². The Hall–Kier alpha value is -3.66. The van der Waals surface area contributed by atoms with Crippen molar-refractivity contribution in [1.82, 2.24) is 20.6 Å². The van der Waals surface area contributed by atoms with E-state index in [4.69, 9.17) is 16.4 Å². The number of carbonyl (C=O) groups excluding carboxylic acids is 2. The highest BCUT2D eigenvalue weighted by molar-refractivity contribution is 8.00. The third-order valence-corrected chi connectivity index (χ3v) is 6.05. The van der Waals surface area contributed by atoms with Crippen LogP contribution in [-0.2, 0) is 19.2 Å². The van der Waals surface area contributed by atoms with Crippen molar-refractivity contribution in [3.63, 3.8) is 0 Å². The highest BCUT2D eigenvalue weighted by Crippen LogP contribution is 2.39. The number of anilines is 1. The van der Waals surface area contributed by atoms with Crippen LogP contribution < -0.4 is 22.3 Å². The van der Waals surface area contributed by atoms with Crippen LogP contribution in [0.4, 0.5) is 5.13 Å². The average molecular weight is 467 g/mol. The molecule has 0 radical (unpaired) electrons. The minimum atomic E-state index is -1.29. The summed E-state index contributed by atoms with van der Waals surface area (Å²) in [5.41, 5.74) is 8.12. The monoisotopic (exact) mass is 467 g/mol. The molecule has 1 saturated heterocycles. The smallest absolute Gasteiger partial charge is 0.353 e. The molecule has 0 aromatic carbocycles. The lowest BCUT2D eigenvalue weighted by Gasteiger charge is -2.49. The average Bonchev–Trinajstić information content (AvgIpc) is 3.18. The molecule has 1 aromatic rings. The molecule has 14 nitrogen and oxygen atoms in total. The molecule has 2 aliphatic rings. The third-order valence-electron chi connectivity index (χ3n) is 4.08. The first-order valence-electron chi connectivity index (χ1n) is 8.43. The van der Waals surface area contributed by atoms with E-state index in [0.717, 1.165) is 22.6 Å². The van der Waals surface area contributed by atoms with Crippen LogP contribution in [0.2, 0.25) is 0 Å². The van der Waals surface area contributed by atoms with Crippen LogP contribution in [0.5, 0.6) is 0 Å². The normalized spacial score (nSPS) is 21.3. The predicted molar refractivity (Wildman–Crippen MR) is 114 cm³/mol. The number of thioether (sulfide) groups is 1. The molecule has 0 saturated carbocycles. The Balaban J connectivity index is 1.77. The molecular weight excluding hydrogens is 450 g/mol. The second kappa shape index (κ2) is 9.43. The van der Waals surface area contributed by atoms with E-state index in [1.54, 1.807) is 0 Å². The van der Waals surface area contributed by atoms with Crippen LogP contribution in [0.25, 0.3) is 0 Å². The van der Waals surface area contributed by atoms with Gasteiger partial charge in [0, 0.05) is 16.7 Å². The van der Waals surface area contributed by atoms with Gasteiger partial charge in [0.1, 0.15) is 36.3 Å². The molecule has 1 unspecified atom stereocenters. The molecule has 3 rings (SSSR count). The van der Waals surface area contributed by atoms with E-state index in [1.807, 2.05) is 0 Å². The number of carboxylic acids is 1. The van der Waals surface area contributed by atoms with Gasteiger partial charge in [-0.15, -0.1) is 23.1 Å². The number of hydrogen-bond donors (Lipinski definition) is 5. The standard InChI is InChI=1S/C15H17N9O5S2/c1-29-23-8(7-4-31-15(16)21-7)11(25)22-9-12(26)24-10(14(27)28)6(3-30-13(9)24)2-19-20-5-18-17/h2,4-5,9,13H,3,17H2,1H3,(H2,16,21)(H,18,20)(H,22,25)(H,27,28)/t9?,13-/m1/s1. The number of aliphatic carboxylic acids is 1. The van der Waals surface area contributed by atoms with E-state index < -0.39 is 29.2 Å². The maximum atomic E-state index is 12.7. The Morgan fingerprint density at radius 2 is 2.26 bits per heavy atom. The molecule has 0 spiro atoms. The van der Waals surface area contributed by atoms with Crippen molar-refractivity contribution in [1.29, 1.82) is 0 Å². The largest absolute Gasteiger partial charge is 0.477 e. The van der Waals surface area contributed by atoms with Gasteiger partial charge in [-0.3, -0.25) is 19.9 Å². The molecule has 1 fully saturated rings. The molecule has 3 heterocycles. The first-order chi connectivity index (χ1) is 14.9. The van der Waals surface area contributed by atoms with Crippen LogP contribution in [0.15, 0.2) is 32.0 Å². The lowest BCUT2D eigenvalue weighted by molar-refractivity contribution is -0.150. The van der Waals surface area contributed by atoms with E-state index in [-0.39, 0.29) is 28.0 Å². The summed E-state index contributed by atoms with van der Waals surface area (Å²) < 4.78 is 0. The summed E-state index contributed by atoms with van der Waals surface area (Å²) in [6.45, 7) is 0. The Morgan fingerprint density at radius 3 is 2.87 bits per heavy atom. The number of aromatic nitrogens is 1. The van der Waals surface area contributed by atoms with E-state index in [0.29, 0.717) is 5.57 Å². The SMILES string of the molecule is CON=C(C(=O)NC1C(=O)N2C(C(=O)O)=C(C=NNC=NN)CS[C@H]12)c1csc(N)n1. The lowest BCUT2D eigenvalue weighted by atomic mass is 10.0. The number of nitrogen functional groups attached to an aromatic ring is 1. The molecule has 2 amide bonds. The van der Waals surface area contributed by atoms with Gasteiger partial charge in [-0.25, -0.2) is 9.78 Å². The van der Waals surface area contributed by atoms with Crippen LogP contribution in [0.3, 0.4) is 0 Å². The first kappa shape index (κ1) is 22.0. The maximum absolute atomic E-state index is 12.7. The van der Waals surface area contributed by atoms with Crippen molar-refractivity contribution in [2.45, 2.75) is 11.4 Å². The Labute approximate surface area is 183 Å². The van der Waals surface area contributed by atoms with Gasteiger partial charge in [-0.1, -0.05) is 5.16 Å². The zero-order chi connectivity index (χ0) is 22.5. The van der Waals surface area contributed by atoms with Crippen LogP contribution >= 0.6 is 23.1 Å². The number of nitrogens with zero attached hydrogens (tertiary/aromatic N) is 5. The van der Waals surface area contributed by atoms with Gasteiger partial charge in [0.25, 0.3) is 11.8 Å². The van der Waals surface area contributed by atoms with Gasteiger partial charge in [-0.05, 0) is 0 Å². The van der Waals surface area contributed by atoms with Gasteiger partial charge in [0.15, 0.2) is 10.8 Å². The third kappa shape index (κ3) is 4.43. The summed E-state index contributed by atoms with van der Waals surface area (Å²) in [4.78, 5) is 46.9. The van der Waals surface area contributed by atoms with Crippen molar-refractivity contribution in [3.05, 3.63) is 22.3 Å². The second-order valence-electron chi connectivity index (χ2n) is 5.90.